The lowest BCUT2D eigenvalue weighted by Gasteiger charge is -1.94. The van der Waals surface area contributed by atoms with Gasteiger partial charge in [0.15, 0.2) is 0 Å². The first-order chi connectivity index (χ1) is 4.84. The van der Waals surface area contributed by atoms with Gasteiger partial charge in [0.25, 0.3) is 5.24 Å². The number of aromatic nitrogens is 2. The molecule has 0 amide bonds. The van der Waals surface area contributed by atoms with Gasteiger partial charge in [-0.15, -0.1) is 0 Å². The zero-order chi connectivity index (χ0) is 7.40. The molecule has 0 aliphatic rings. The summed E-state index contributed by atoms with van der Waals surface area (Å²) in [7, 11) is 0. The van der Waals surface area contributed by atoms with Crippen molar-refractivity contribution in [1.82, 2.24) is 9.55 Å². The summed E-state index contributed by atoms with van der Waals surface area (Å²) in [6, 6.07) is 0. The average Bonchev–Trinajstić information content (AvgIpc) is 2.38. The number of carbonyl (C=O) groups excluding carboxylic acids is 1. The van der Waals surface area contributed by atoms with Crippen LogP contribution < -0.4 is 0 Å². The van der Waals surface area contributed by atoms with Gasteiger partial charge in [-0.05, 0) is 5.75 Å². The van der Waals surface area contributed by atoms with E-state index in [4.69, 9.17) is 0 Å². The normalized spacial score (nSPS) is 9.70. The SMILES string of the molecule is CCSC(=O)n1ccnc1. The maximum atomic E-state index is 11.0. The monoisotopic (exact) mass is 156 g/mol. The van der Waals surface area contributed by atoms with Crippen LogP contribution in [0, 0.1) is 0 Å². The molecule has 54 valence electrons. The highest BCUT2D eigenvalue weighted by Crippen LogP contribution is 2.04. The minimum Gasteiger partial charge on any atom is -0.267 e. The molecule has 1 rings (SSSR count). The second-order valence-corrected chi connectivity index (χ2v) is 2.88. The summed E-state index contributed by atoms with van der Waals surface area (Å²) >= 11 is 1.27. The van der Waals surface area contributed by atoms with Crippen LogP contribution in [-0.4, -0.2) is 20.5 Å². The number of hydrogen-bond acceptors (Lipinski definition) is 3. The van der Waals surface area contributed by atoms with Gasteiger partial charge in [-0.2, -0.15) is 0 Å². The van der Waals surface area contributed by atoms with Crippen LogP contribution in [-0.2, 0) is 0 Å². The van der Waals surface area contributed by atoms with E-state index in [1.807, 2.05) is 6.92 Å². The summed E-state index contributed by atoms with van der Waals surface area (Å²) in [4.78, 5) is 14.7. The largest absolute Gasteiger partial charge is 0.290 e. The fourth-order valence-corrected chi connectivity index (χ4v) is 1.07. The van der Waals surface area contributed by atoms with Gasteiger partial charge < -0.3 is 0 Å². The highest BCUT2D eigenvalue weighted by molar-refractivity contribution is 8.13. The molecular weight excluding hydrogens is 148 g/mol. The van der Waals surface area contributed by atoms with E-state index in [1.54, 1.807) is 12.4 Å². The number of rotatable bonds is 1. The third kappa shape index (κ3) is 1.60. The van der Waals surface area contributed by atoms with Crippen molar-refractivity contribution in [3.63, 3.8) is 0 Å². The molecule has 0 bridgehead atoms. The predicted molar refractivity (Wildman–Crippen MR) is 41.2 cm³/mol. The van der Waals surface area contributed by atoms with Crippen molar-refractivity contribution in [3.05, 3.63) is 18.7 Å². The zero-order valence-corrected chi connectivity index (χ0v) is 6.47. The molecule has 0 atom stereocenters. The Balaban J connectivity index is 2.59. The van der Waals surface area contributed by atoms with Crippen LogP contribution in [0.15, 0.2) is 18.7 Å². The van der Waals surface area contributed by atoms with Gasteiger partial charge in [-0.25, -0.2) is 4.98 Å². The van der Waals surface area contributed by atoms with Gasteiger partial charge in [0.05, 0.1) is 0 Å². The minimum atomic E-state index is 0.0278. The summed E-state index contributed by atoms with van der Waals surface area (Å²) < 4.78 is 1.47. The van der Waals surface area contributed by atoms with E-state index in [-0.39, 0.29) is 5.24 Å². The third-order valence-electron chi connectivity index (χ3n) is 0.983. The van der Waals surface area contributed by atoms with E-state index >= 15 is 0 Å². The van der Waals surface area contributed by atoms with Crippen molar-refractivity contribution in [1.29, 1.82) is 0 Å². The second kappa shape index (κ2) is 3.41. The molecule has 0 unspecified atom stereocenters. The van der Waals surface area contributed by atoms with E-state index in [0.29, 0.717) is 0 Å². The highest BCUT2D eigenvalue weighted by Gasteiger charge is 2.00. The van der Waals surface area contributed by atoms with Crippen LogP contribution in [0.25, 0.3) is 0 Å². The van der Waals surface area contributed by atoms with E-state index in [9.17, 15) is 4.79 Å². The number of hydrogen-bond donors (Lipinski definition) is 0. The van der Waals surface area contributed by atoms with Gasteiger partial charge >= 0.3 is 0 Å². The van der Waals surface area contributed by atoms with Gasteiger partial charge in [-0.1, -0.05) is 18.7 Å². The number of imidazole rings is 1. The van der Waals surface area contributed by atoms with Crippen molar-refractivity contribution in [3.8, 4) is 0 Å². The van der Waals surface area contributed by atoms with Crippen LogP contribution in [0.5, 0.6) is 0 Å². The summed E-state index contributed by atoms with van der Waals surface area (Å²) in [5, 5.41) is 0.0278. The Morgan fingerprint density at radius 1 is 1.80 bits per heavy atom. The van der Waals surface area contributed by atoms with E-state index < -0.39 is 0 Å². The van der Waals surface area contributed by atoms with Crippen molar-refractivity contribution in [2.24, 2.45) is 0 Å². The van der Waals surface area contributed by atoms with Crippen molar-refractivity contribution in [2.75, 3.05) is 5.75 Å². The molecule has 10 heavy (non-hydrogen) atoms. The molecule has 0 aliphatic heterocycles. The predicted octanol–water partition coefficient (Wildman–Crippen LogP) is 1.60. The van der Waals surface area contributed by atoms with Crippen LogP contribution in [0.4, 0.5) is 4.79 Å². The molecule has 0 aromatic carbocycles. The van der Waals surface area contributed by atoms with Crippen LogP contribution >= 0.6 is 11.8 Å². The average molecular weight is 156 g/mol. The van der Waals surface area contributed by atoms with Crippen LogP contribution in [0.3, 0.4) is 0 Å². The molecule has 0 N–H and O–H groups in total. The van der Waals surface area contributed by atoms with Gasteiger partial charge in [-0.3, -0.25) is 9.36 Å². The molecule has 0 radical (unpaired) electrons. The third-order valence-corrected chi connectivity index (χ3v) is 1.73. The maximum Gasteiger partial charge on any atom is 0.290 e. The Hall–Kier alpha value is -0.770. The lowest BCUT2D eigenvalue weighted by molar-refractivity contribution is 0.262. The fraction of sp³-hybridized carbons (Fsp3) is 0.333. The first kappa shape index (κ1) is 7.34. The number of carbonyl (C=O) groups is 1. The molecule has 0 fully saturated rings. The van der Waals surface area contributed by atoms with Gasteiger partial charge in [0, 0.05) is 12.4 Å². The molecule has 3 nitrogen and oxygen atoms in total. The van der Waals surface area contributed by atoms with Crippen molar-refractivity contribution < 1.29 is 4.79 Å². The summed E-state index contributed by atoms with van der Waals surface area (Å²) in [6.07, 6.45) is 4.74. The lowest BCUT2D eigenvalue weighted by atomic mass is 10.9. The molecule has 1 aromatic rings. The first-order valence-electron chi connectivity index (χ1n) is 2.99. The summed E-state index contributed by atoms with van der Waals surface area (Å²) in [5.41, 5.74) is 0. The fourth-order valence-electron chi connectivity index (χ4n) is 0.565. The first-order valence-corrected chi connectivity index (χ1v) is 3.98. The lowest BCUT2D eigenvalue weighted by Crippen LogP contribution is -2.01. The molecular formula is C6H8N2OS. The highest BCUT2D eigenvalue weighted by atomic mass is 32.2. The molecule has 1 heterocycles. The topological polar surface area (TPSA) is 34.9 Å². The Morgan fingerprint density at radius 3 is 3.10 bits per heavy atom. The second-order valence-electron chi connectivity index (χ2n) is 1.67. The molecule has 1 aromatic heterocycles. The minimum absolute atomic E-state index is 0.0278. The number of thioether (sulfide) groups is 1. The Kier molecular flexibility index (Phi) is 2.50. The molecule has 0 saturated carbocycles. The smallest absolute Gasteiger partial charge is 0.267 e. The Morgan fingerprint density at radius 2 is 2.60 bits per heavy atom. The standard InChI is InChI=1S/C6H8N2OS/c1-2-10-6(9)8-4-3-7-5-8/h3-5H,2H2,1H3. The summed E-state index contributed by atoms with van der Waals surface area (Å²) in [6.45, 7) is 1.94. The molecule has 0 aliphatic carbocycles. The zero-order valence-electron chi connectivity index (χ0n) is 5.65. The summed E-state index contributed by atoms with van der Waals surface area (Å²) in [5.74, 6) is 0.803. The van der Waals surface area contributed by atoms with E-state index in [1.165, 1.54) is 22.7 Å². The van der Waals surface area contributed by atoms with Gasteiger partial charge in [0.2, 0.25) is 0 Å². The quantitative estimate of drug-likeness (QED) is 0.619. The van der Waals surface area contributed by atoms with E-state index in [2.05, 4.69) is 4.98 Å². The maximum absolute atomic E-state index is 11.0. The van der Waals surface area contributed by atoms with Crippen LogP contribution in [0.2, 0.25) is 0 Å². The Labute approximate surface area is 63.4 Å². The van der Waals surface area contributed by atoms with Crippen molar-refractivity contribution >= 4 is 17.0 Å². The molecule has 4 heteroatoms. The molecule has 0 spiro atoms. The van der Waals surface area contributed by atoms with E-state index in [0.717, 1.165) is 5.75 Å². The Bertz CT molecular complexity index is 208. The van der Waals surface area contributed by atoms with Crippen molar-refractivity contribution in [2.45, 2.75) is 6.92 Å². The van der Waals surface area contributed by atoms with Crippen LogP contribution in [0.1, 0.15) is 6.92 Å². The van der Waals surface area contributed by atoms with Gasteiger partial charge in [0.1, 0.15) is 6.33 Å². The molecule has 0 saturated heterocycles. The number of nitrogens with zero attached hydrogens (tertiary/aromatic N) is 2.